The summed E-state index contributed by atoms with van der Waals surface area (Å²) in [4.78, 5) is 18.4. The fourth-order valence-corrected chi connectivity index (χ4v) is 2.52. The van der Waals surface area contributed by atoms with Crippen LogP contribution in [0.15, 0.2) is 18.3 Å². The SMILES string of the molecule is O=C(CCN(CC1CC1)CC1CC1)c1ccc(F)cn1. The molecule has 0 atom stereocenters. The van der Waals surface area contributed by atoms with Gasteiger partial charge in [0.2, 0.25) is 0 Å². The average molecular weight is 276 g/mol. The fourth-order valence-electron chi connectivity index (χ4n) is 2.52. The Balaban J connectivity index is 1.49. The summed E-state index contributed by atoms with van der Waals surface area (Å²) in [6.07, 6.45) is 6.96. The molecule has 1 aromatic rings. The summed E-state index contributed by atoms with van der Waals surface area (Å²) in [5.41, 5.74) is 0.379. The molecule has 0 saturated heterocycles. The maximum atomic E-state index is 12.8. The minimum absolute atomic E-state index is 0.0154. The van der Waals surface area contributed by atoms with E-state index in [1.54, 1.807) is 0 Å². The standard InChI is InChI=1S/C16H21FN2O/c17-14-5-6-15(18-9-14)16(20)7-8-19(10-12-1-2-12)11-13-3-4-13/h5-6,9,12-13H,1-4,7-8,10-11H2. The number of carbonyl (C=O) groups excluding carboxylic acids is 1. The molecule has 2 saturated carbocycles. The average Bonchev–Trinajstić information content (AvgIpc) is 3.32. The molecule has 0 aromatic carbocycles. The van der Waals surface area contributed by atoms with Gasteiger partial charge in [-0.3, -0.25) is 9.78 Å². The maximum absolute atomic E-state index is 12.8. The molecule has 0 amide bonds. The number of aromatic nitrogens is 1. The van der Waals surface area contributed by atoms with Gasteiger partial charge >= 0.3 is 0 Å². The normalized spacial score (nSPS) is 18.5. The van der Waals surface area contributed by atoms with Gasteiger partial charge in [-0.1, -0.05) is 0 Å². The molecule has 108 valence electrons. The highest BCUT2D eigenvalue weighted by Gasteiger charge is 2.29. The van der Waals surface area contributed by atoms with E-state index in [2.05, 4.69) is 9.88 Å². The van der Waals surface area contributed by atoms with Crippen LogP contribution >= 0.6 is 0 Å². The Morgan fingerprint density at radius 3 is 2.35 bits per heavy atom. The van der Waals surface area contributed by atoms with Crippen molar-refractivity contribution in [1.29, 1.82) is 0 Å². The van der Waals surface area contributed by atoms with E-state index >= 15 is 0 Å². The summed E-state index contributed by atoms with van der Waals surface area (Å²) in [5.74, 6) is 1.33. The Kier molecular flexibility index (Phi) is 4.10. The summed E-state index contributed by atoms with van der Waals surface area (Å²) in [6.45, 7) is 3.09. The topological polar surface area (TPSA) is 33.2 Å². The van der Waals surface area contributed by atoms with Crippen molar-refractivity contribution in [2.45, 2.75) is 32.1 Å². The van der Waals surface area contributed by atoms with Crippen LogP contribution in [0.3, 0.4) is 0 Å². The molecule has 2 aliphatic carbocycles. The molecule has 20 heavy (non-hydrogen) atoms. The lowest BCUT2D eigenvalue weighted by Crippen LogP contribution is -2.30. The van der Waals surface area contributed by atoms with Gasteiger partial charge in [-0.15, -0.1) is 0 Å². The zero-order valence-electron chi connectivity index (χ0n) is 11.7. The first-order chi connectivity index (χ1) is 9.70. The predicted octanol–water partition coefficient (Wildman–Crippen LogP) is 2.92. The van der Waals surface area contributed by atoms with Crippen LogP contribution in [0.25, 0.3) is 0 Å². The quantitative estimate of drug-likeness (QED) is 0.684. The van der Waals surface area contributed by atoms with Gasteiger partial charge in [0, 0.05) is 26.1 Å². The zero-order chi connectivity index (χ0) is 13.9. The molecule has 1 heterocycles. The lowest BCUT2D eigenvalue weighted by Gasteiger charge is -2.21. The summed E-state index contributed by atoms with van der Waals surface area (Å²) in [5, 5.41) is 0. The van der Waals surface area contributed by atoms with Crippen LogP contribution in [-0.2, 0) is 0 Å². The second-order valence-electron chi connectivity index (χ2n) is 6.18. The highest BCUT2D eigenvalue weighted by molar-refractivity contribution is 5.94. The highest BCUT2D eigenvalue weighted by atomic mass is 19.1. The fraction of sp³-hybridized carbons (Fsp3) is 0.625. The van der Waals surface area contributed by atoms with Crippen molar-refractivity contribution in [3.05, 3.63) is 29.8 Å². The monoisotopic (exact) mass is 276 g/mol. The number of carbonyl (C=O) groups is 1. The van der Waals surface area contributed by atoms with Crippen molar-refractivity contribution in [3.63, 3.8) is 0 Å². The van der Waals surface area contributed by atoms with E-state index in [9.17, 15) is 9.18 Å². The van der Waals surface area contributed by atoms with Crippen molar-refractivity contribution >= 4 is 5.78 Å². The summed E-state index contributed by atoms with van der Waals surface area (Å²) in [6, 6.07) is 2.77. The third-order valence-corrected chi connectivity index (χ3v) is 4.09. The Bertz CT molecular complexity index is 452. The third-order valence-electron chi connectivity index (χ3n) is 4.09. The zero-order valence-corrected chi connectivity index (χ0v) is 11.7. The minimum Gasteiger partial charge on any atom is -0.302 e. The third kappa shape index (κ3) is 4.10. The smallest absolute Gasteiger partial charge is 0.182 e. The van der Waals surface area contributed by atoms with Gasteiger partial charge in [0.15, 0.2) is 5.78 Å². The van der Waals surface area contributed by atoms with E-state index in [1.165, 1.54) is 37.8 Å². The summed E-state index contributed by atoms with van der Waals surface area (Å²) < 4.78 is 12.8. The van der Waals surface area contributed by atoms with Crippen molar-refractivity contribution in [3.8, 4) is 0 Å². The van der Waals surface area contributed by atoms with E-state index in [4.69, 9.17) is 0 Å². The van der Waals surface area contributed by atoms with Crippen LogP contribution in [0.5, 0.6) is 0 Å². The van der Waals surface area contributed by atoms with E-state index in [-0.39, 0.29) is 5.78 Å². The number of hydrogen-bond acceptors (Lipinski definition) is 3. The van der Waals surface area contributed by atoms with Crippen LogP contribution in [0, 0.1) is 17.7 Å². The molecule has 0 aliphatic heterocycles. The van der Waals surface area contributed by atoms with Crippen LogP contribution in [-0.4, -0.2) is 35.3 Å². The molecular weight excluding hydrogens is 255 g/mol. The van der Waals surface area contributed by atoms with Crippen LogP contribution in [0.2, 0.25) is 0 Å². The number of rotatable bonds is 8. The molecule has 2 aliphatic rings. The van der Waals surface area contributed by atoms with Crippen LogP contribution in [0.4, 0.5) is 4.39 Å². The van der Waals surface area contributed by atoms with Crippen molar-refractivity contribution in [2.75, 3.05) is 19.6 Å². The first kappa shape index (κ1) is 13.7. The first-order valence-electron chi connectivity index (χ1n) is 7.58. The largest absolute Gasteiger partial charge is 0.302 e. The predicted molar refractivity (Wildman–Crippen MR) is 75.0 cm³/mol. The molecule has 3 rings (SSSR count). The number of halogens is 1. The van der Waals surface area contributed by atoms with Crippen molar-refractivity contribution in [1.82, 2.24) is 9.88 Å². The molecule has 0 unspecified atom stereocenters. The maximum Gasteiger partial charge on any atom is 0.182 e. The van der Waals surface area contributed by atoms with Crippen LogP contribution < -0.4 is 0 Å². The van der Waals surface area contributed by atoms with Crippen LogP contribution in [0.1, 0.15) is 42.6 Å². The number of hydrogen-bond donors (Lipinski definition) is 0. The number of ketones is 1. The van der Waals surface area contributed by atoms with Gasteiger partial charge in [0.25, 0.3) is 0 Å². The first-order valence-corrected chi connectivity index (χ1v) is 7.58. The molecule has 0 spiro atoms. The second-order valence-corrected chi connectivity index (χ2v) is 6.18. The van der Waals surface area contributed by atoms with Gasteiger partial charge < -0.3 is 4.90 Å². The molecule has 2 fully saturated rings. The molecule has 4 heteroatoms. The molecule has 0 N–H and O–H groups in total. The van der Waals surface area contributed by atoms with Gasteiger partial charge in [-0.05, 0) is 49.7 Å². The Morgan fingerprint density at radius 1 is 1.20 bits per heavy atom. The van der Waals surface area contributed by atoms with E-state index in [0.29, 0.717) is 12.1 Å². The minimum atomic E-state index is -0.398. The van der Waals surface area contributed by atoms with E-state index in [1.807, 2.05) is 0 Å². The Labute approximate surface area is 119 Å². The van der Waals surface area contributed by atoms with Crippen molar-refractivity contribution in [2.24, 2.45) is 11.8 Å². The molecule has 0 radical (unpaired) electrons. The van der Waals surface area contributed by atoms with Crippen molar-refractivity contribution < 1.29 is 9.18 Å². The molecule has 3 nitrogen and oxygen atoms in total. The van der Waals surface area contributed by atoms with Gasteiger partial charge in [0.1, 0.15) is 11.5 Å². The Hall–Kier alpha value is -1.29. The van der Waals surface area contributed by atoms with E-state index < -0.39 is 5.82 Å². The summed E-state index contributed by atoms with van der Waals surface area (Å²) in [7, 11) is 0. The lowest BCUT2D eigenvalue weighted by atomic mass is 10.1. The van der Waals surface area contributed by atoms with E-state index in [0.717, 1.165) is 37.7 Å². The van der Waals surface area contributed by atoms with Gasteiger partial charge in [-0.2, -0.15) is 0 Å². The lowest BCUT2D eigenvalue weighted by molar-refractivity contribution is 0.0956. The number of nitrogens with zero attached hydrogens (tertiary/aromatic N) is 2. The molecular formula is C16H21FN2O. The second kappa shape index (κ2) is 6.00. The van der Waals surface area contributed by atoms with Gasteiger partial charge in [0.05, 0.1) is 6.20 Å². The highest BCUT2D eigenvalue weighted by Crippen LogP contribution is 2.33. The van der Waals surface area contributed by atoms with Gasteiger partial charge in [-0.25, -0.2) is 4.39 Å². The number of Topliss-reactive ketones (excluding diaryl/α,β-unsaturated/α-hetero) is 1. The molecule has 1 aromatic heterocycles. The number of pyridine rings is 1. The summed E-state index contributed by atoms with van der Waals surface area (Å²) >= 11 is 0. The Morgan fingerprint density at radius 2 is 1.85 bits per heavy atom. The molecule has 0 bridgehead atoms.